The van der Waals surface area contributed by atoms with Crippen LogP contribution in [0.2, 0.25) is 0 Å². The Morgan fingerprint density at radius 2 is 1.21 bits per heavy atom. The fourth-order valence-electron chi connectivity index (χ4n) is 5.25. The lowest BCUT2D eigenvalue weighted by molar-refractivity contribution is 0.659. The quantitative estimate of drug-likeness (QED) is 0.434. The van der Waals surface area contributed by atoms with Crippen molar-refractivity contribution in [2.45, 2.75) is 64.4 Å². The van der Waals surface area contributed by atoms with E-state index < -0.39 is 0 Å². The van der Waals surface area contributed by atoms with Gasteiger partial charge in [-0.2, -0.15) is 0 Å². The van der Waals surface area contributed by atoms with Gasteiger partial charge in [-0.25, -0.2) is 0 Å². The van der Waals surface area contributed by atoms with E-state index in [9.17, 15) is 0 Å². The molecule has 0 radical (unpaired) electrons. The second kappa shape index (κ2) is 8.49. The van der Waals surface area contributed by atoms with Gasteiger partial charge < -0.3 is 0 Å². The first-order valence-electron chi connectivity index (χ1n) is 10.6. The van der Waals surface area contributed by atoms with Crippen LogP contribution in [0.3, 0.4) is 0 Å². The normalized spacial score (nSPS) is 18.9. The summed E-state index contributed by atoms with van der Waals surface area (Å²) in [5, 5.41) is 2.08. The van der Waals surface area contributed by atoms with Gasteiger partial charge in [-0.15, -0.1) is 9.24 Å². The van der Waals surface area contributed by atoms with Crippen molar-refractivity contribution >= 4 is 28.3 Å². The van der Waals surface area contributed by atoms with Gasteiger partial charge in [0.1, 0.15) is 0 Å². The van der Waals surface area contributed by atoms with E-state index in [1.807, 2.05) is 0 Å². The molecule has 0 heterocycles. The van der Waals surface area contributed by atoms with Crippen molar-refractivity contribution < 1.29 is 0 Å². The van der Waals surface area contributed by atoms with Crippen LogP contribution in [0.25, 0.3) is 11.1 Å². The zero-order valence-corrected chi connectivity index (χ0v) is 21.1. The van der Waals surface area contributed by atoms with Gasteiger partial charge in [0.25, 0.3) is 0 Å². The molecule has 0 N–H and O–H groups in total. The van der Waals surface area contributed by atoms with E-state index in [1.165, 1.54) is 27.6 Å². The van der Waals surface area contributed by atoms with E-state index in [0.717, 1.165) is 0 Å². The predicted octanol–water partition coefficient (Wildman–Crippen LogP) is 8.45. The maximum atomic E-state index is 3.13. The molecule has 2 aromatic carbocycles. The molecule has 0 aliphatic heterocycles. The van der Waals surface area contributed by atoms with Crippen molar-refractivity contribution in [1.29, 1.82) is 0 Å². The van der Waals surface area contributed by atoms with Gasteiger partial charge in [0.15, 0.2) is 0 Å². The lowest BCUT2D eigenvalue weighted by Gasteiger charge is -2.47. The van der Waals surface area contributed by atoms with Crippen molar-refractivity contribution in [2.24, 2.45) is 5.92 Å². The minimum atomic E-state index is -0.210. The molecule has 0 nitrogen and oxygen atoms in total. The van der Waals surface area contributed by atoms with Crippen LogP contribution in [0.1, 0.15) is 59.6 Å². The van der Waals surface area contributed by atoms with Crippen LogP contribution in [-0.4, -0.2) is 16.0 Å². The predicted molar refractivity (Wildman–Crippen MR) is 137 cm³/mol. The monoisotopic (exact) mass is 422 g/mol. The van der Waals surface area contributed by atoms with Gasteiger partial charge >= 0.3 is 0 Å². The van der Waals surface area contributed by atoms with E-state index in [-0.39, 0.29) is 7.92 Å². The highest BCUT2D eigenvalue weighted by Crippen LogP contribution is 2.66. The van der Waals surface area contributed by atoms with Crippen LogP contribution >= 0.6 is 17.2 Å². The van der Waals surface area contributed by atoms with Crippen molar-refractivity contribution in [1.82, 2.24) is 0 Å². The zero-order valence-electron chi connectivity index (χ0n) is 19.0. The molecule has 3 unspecified atom stereocenters. The van der Waals surface area contributed by atoms with Crippen LogP contribution in [-0.2, 0) is 0 Å². The van der Waals surface area contributed by atoms with Crippen LogP contribution < -0.4 is 0 Å². The summed E-state index contributed by atoms with van der Waals surface area (Å²) in [5.74, 6) is 0.454. The maximum absolute atomic E-state index is 3.13. The van der Waals surface area contributed by atoms with Gasteiger partial charge in [0, 0.05) is 5.92 Å². The van der Waals surface area contributed by atoms with Gasteiger partial charge in [0.2, 0.25) is 0 Å². The highest BCUT2D eigenvalue weighted by Gasteiger charge is 2.42. The fourth-order valence-corrected chi connectivity index (χ4v) is 11.1. The molecule has 1 aliphatic carbocycles. The molecule has 0 fully saturated rings. The van der Waals surface area contributed by atoms with E-state index in [4.69, 9.17) is 0 Å². The van der Waals surface area contributed by atoms with Crippen LogP contribution in [0, 0.1) is 5.92 Å². The standard InChI is InChI=1S/C27H36P2/c1-19(29(26(2,3)4)27(5,6)7)22-18-23(20-14-10-8-11-15-20)24(25(22)28)21-16-12-9-13-17-21/h8-19,22H,28H2,1-7H3. The number of benzene rings is 2. The molecule has 0 saturated carbocycles. The van der Waals surface area contributed by atoms with Crippen molar-refractivity contribution in [3.63, 3.8) is 0 Å². The summed E-state index contributed by atoms with van der Waals surface area (Å²) in [4.78, 5) is 0. The van der Waals surface area contributed by atoms with Crippen LogP contribution in [0.4, 0.5) is 0 Å². The SMILES string of the molecule is CC(C1C=C(c2ccccc2)C(c2ccccc2)=C1P)P(C(C)(C)C)C(C)(C)C. The molecule has 0 saturated heterocycles. The molecular formula is C27H36P2. The van der Waals surface area contributed by atoms with E-state index >= 15 is 0 Å². The molecule has 0 amide bonds. The third kappa shape index (κ3) is 4.76. The van der Waals surface area contributed by atoms with Gasteiger partial charge in [-0.1, -0.05) is 123 Å². The molecule has 3 atom stereocenters. The van der Waals surface area contributed by atoms with Crippen LogP contribution in [0.15, 0.2) is 72.1 Å². The number of hydrogen-bond acceptors (Lipinski definition) is 0. The maximum Gasteiger partial charge on any atom is 0.00982 e. The second-order valence-electron chi connectivity index (χ2n) is 10.1. The molecule has 3 rings (SSSR count). The number of hydrogen-bond donors (Lipinski definition) is 0. The number of rotatable bonds is 4. The molecule has 0 spiro atoms. The van der Waals surface area contributed by atoms with Crippen molar-refractivity contribution in [3.8, 4) is 0 Å². The minimum Gasteiger partial charge on any atom is -0.109 e. The summed E-state index contributed by atoms with van der Waals surface area (Å²) in [6.07, 6.45) is 2.55. The third-order valence-electron chi connectivity index (χ3n) is 5.78. The summed E-state index contributed by atoms with van der Waals surface area (Å²) < 4.78 is 0. The Balaban J connectivity index is 2.14. The number of allylic oxidation sites excluding steroid dienone is 4. The summed E-state index contributed by atoms with van der Waals surface area (Å²) >= 11 is 0. The Morgan fingerprint density at radius 1 is 0.759 bits per heavy atom. The molecule has 154 valence electrons. The Hall–Kier alpha value is -1.22. The molecule has 1 aliphatic rings. The Kier molecular flexibility index (Phi) is 6.58. The highest BCUT2D eigenvalue weighted by atomic mass is 31.1. The van der Waals surface area contributed by atoms with E-state index in [0.29, 0.717) is 21.9 Å². The second-order valence-corrected chi connectivity index (χ2v) is 15.0. The summed E-state index contributed by atoms with van der Waals surface area (Å²) in [5.41, 5.74) is 6.03. The fraction of sp³-hybridized carbons (Fsp3) is 0.407. The highest BCUT2D eigenvalue weighted by molar-refractivity contribution is 7.61. The largest absolute Gasteiger partial charge is 0.109 e. The minimum absolute atomic E-state index is 0.210. The third-order valence-corrected chi connectivity index (χ3v) is 10.5. The first-order valence-corrected chi connectivity index (χ1v) is 12.6. The van der Waals surface area contributed by atoms with E-state index in [2.05, 4.69) is 124 Å². The molecule has 2 heteroatoms. The smallest absolute Gasteiger partial charge is 0.00982 e. The first-order chi connectivity index (χ1) is 13.5. The lowest BCUT2D eigenvalue weighted by Crippen LogP contribution is -2.33. The Bertz CT molecular complexity index is 879. The summed E-state index contributed by atoms with van der Waals surface area (Å²) in [7, 11) is 2.92. The summed E-state index contributed by atoms with van der Waals surface area (Å²) in [6.45, 7) is 17.1. The molecule has 0 bridgehead atoms. The van der Waals surface area contributed by atoms with Crippen molar-refractivity contribution in [3.05, 3.63) is 83.2 Å². The average molecular weight is 423 g/mol. The summed E-state index contributed by atoms with van der Waals surface area (Å²) in [6, 6.07) is 21.8. The van der Waals surface area contributed by atoms with Gasteiger partial charge in [0.05, 0.1) is 0 Å². The molecule has 29 heavy (non-hydrogen) atoms. The molecule has 0 aromatic heterocycles. The molecular weight excluding hydrogens is 386 g/mol. The van der Waals surface area contributed by atoms with Gasteiger partial charge in [-0.05, 0) is 43.6 Å². The first kappa shape index (κ1) is 22.5. The average Bonchev–Trinajstić information content (AvgIpc) is 2.98. The topological polar surface area (TPSA) is 0 Å². The lowest BCUT2D eigenvalue weighted by atomic mass is 9.95. The Morgan fingerprint density at radius 3 is 1.66 bits per heavy atom. The van der Waals surface area contributed by atoms with Crippen LogP contribution in [0.5, 0.6) is 0 Å². The zero-order chi connectivity index (χ0) is 21.4. The Labute approximate surface area is 181 Å². The molecule has 2 aromatic rings. The van der Waals surface area contributed by atoms with Gasteiger partial charge in [-0.3, -0.25) is 0 Å². The van der Waals surface area contributed by atoms with E-state index in [1.54, 1.807) is 0 Å². The van der Waals surface area contributed by atoms with Crippen molar-refractivity contribution in [2.75, 3.05) is 0 Å².